The summed E-state index contributed by atoms with van der Waals surface area (Å²) in [6.07, 6.45) is 11.4. The number of hydrogen-bond acceptors (Lipinski definition) is 6. The topological polar surface area (TPSA) is 90.9 Å². The molecule has 0 aliphatic heterocycles. The molecule has 1 N–H and O–H groups in total. The van der Waals surface area contributed by atoms with Gasteiger partial charge in [0.05, 0.1) is 0 Å². The van der Waals surface area contributed by atoms with Crippen LogP contribution in [0.4, 0.5) is 4.79 Å². The lowest BCUT2D eigenvalue weighted by molar-refractivity contribution is -0.164. The predicted molar refractivity (Wildman–Crippen MR) is 165 cm³/mol. The summed E-state index contributed by atoms with van der Waals surface area (Å²) in [7, 11) is 0. The van der Waals surface area contributed by atoms with Crippen molar-refractivity contribution in [2.75, 3.05) is 0 Å². The van der Waals surface area contributed by atoms with E-state index in [-0.39, 0.29) is 25.6 Å². The highest BCUT2D eigenvalue weighted by Crippen LogP contribution is 2.66. The monoisotopic (exact) mass is 595 g/mol. The standard InChI is InChI=1S/C36H53NO6/c1-34(2,3)43-33(40)37-30(15-16-31(38)41-23-24-10-7-6-8-11-24)32(39)42-26-17-21-36(5)25(22-26)13-14-27-28-12-9-19-35(28,4)20-18-29(27)36/h6-8,10-11,25-30H,9,12-23H2,1-5H3,(H,37,40)/t25-,26-,27+,28+,29+,30-,35+,36+/m1/s1. The molecule has 7 heteroatoms. The minimum atomic E-state index is -0.985. The molecule has 4 aliphatic rings. The Kier molecular flexibility index (Phi) is 9.48. The average molecular weight is 596 g/mol. The minimum absolute atomic E-state index is 0.0169. The molecule has 0 aromatic heterocycles. The van der Waals surface area contributed by atoms with Crippen molar-refractivity contribution < 1.29 is 28.6 Å². The van der Waals surface area contributed by atoms with Crippen molar-refractivity contribution in [1.82, 2.24) is 5.32 Å². The number of benzene rings is 1. The van der Waals surface area contributed by atoms with Crippen molar-refractivity contribution in [2.45, 2.75) is 136 Å². The third-order valence-electron chi connectivity index (χ3n) is 11.5. The highest BCUT2D eigenvalue weighted by molar-refractivity contribution is 5.82. The summed E-state index contributed by atoms with van der Waals surface area (Å²) in [5.74, 6) is 2.15. The molecule has 0 bridgehead atoms. The Morgan fingerprint density at radius 1 is 0.953 bits per heavy atom. The van der Waals surface area contributed by atoms with E-state index < -0.39 is 29.7 Å². The van der Waals surface area contributed by atoms with Crippen molar-refractivity contribution in [2.24, 2.45) is 34.5 Å². The van der Waals surface area contributed by atoms with Crippen LogP contribution >= 0.6 is 0 Å². The van der Waals surface area contributed by atoms with E-state index in [1.54, 1.807) is 20.8 Å². The van der Waals surface area contributed by atoms with Crippen LogP contribution in [0.15, 0.2) is 30.3 Å². The van der Waals surface area contributed by atoms with Crippen molar-refractivity contribution in [3.8, 4) is 0 Å². The number of hydrogen-bond donors (Lipinski definition) is 1. The van der Waals surface area contributed by atoms with Gasteiger partial charge in [-0.15, -0.1) is 0 Å². The lowest BCUT2D eigenvalue weighted by atomic mass is 9.45. The fourth-order valence-corrected chi connectivity index (χ4v) is 9.34. The highest BCUT2D eigenvalue weighted by atomic mass is 16.6. The zero-order valence-electron chi connectivity index (χ0n) is 27.0. The van der Waals surface area contributed by atoms with Crippen LogP contribution < -0.4 is 5.32 Å². The molecule has 0 spiro atoms. The van der Waals surface area contributed by atoms with Gasteiger partial charge in [0.25, 0.3) is 0 Å². The molecule has 43 heavy (non-hydrogen) atoms. The first kappa shape index (κ1) is 31.8. The first-order valence-corrected chi connectivity index (χ1v) is 16.8. The maximum atomic E-state index is 13.5. The summed E-state index contributed by atoms with van der Waals surface area (Å²) in [6, 6.07) is 8.47. The molecule has 4 saturated carbocycles. The van der Waals surface area contributed by atoms with Crippen molar-refractivity contribution >= 4 is 18.0 Å². The van der Waals surface area contributed by atoms with Crippen molar-refractivity contribution in [3.05, 3.63) is 35.9 Å². The second kappa shape index (κ2) is 12.8. The fourth-order valence-electron chi connectivity index (χ4n) is 9.34. The molecule has 1 aromatic rings. The van der Waals surface area contributed by atoms with E-state index in [9.17, 15) is 14.4 Å². The first-order chi connectivity index (χ1) is 20.4. The number of ether oxygens (including phenoxy) is 3. The van der Waals surface area contributed by atoms with Gasteiger partial charge in [-0.05, 0) is 125 Å². The van der Waals surface area contributed by atoms with E-state index in [0.29, 0.717) is 16.7 Å². The van der Waals surface area contributed by atoms with Gasteiger partial charge in [0, 0.05) is 6.42 Å². The quantitative estimate of drug-likeness (QED) is 0.244. The van der Waals surface area contributed by atoms with Gasteiger partial charge in [-0.1, -0.05) is 50.6 Å². The van der Waals surface area contributed by atoms with Gasteiger partial charge in [0.1, 0.15) is 24.4 Å². The molecule has 238 valence electrons. The summed E-state index contributed by atoms with van der Waals surface area (Å²) < 4.78 is 16.9. The lowest BCUT2D eigenvalue weighted by Gasteiger charge is -2.60. The average Bonchev–Trinajstić information content (AvgIpc) is 3.35. The van der Waals surface area contributed by atoms with E-state index in [1.807, 2.05) is 30.3 Å². The number of alkyl carbamates (subject to hydrolysis) is 1. The van der Waals surface area contributed by atoms with Crippen LogP contribution in [0.2, 0.25) is 0 Å². The molecule has 1 aromatic carbocycles. The summed E-state index contributed by atoms with van der Waals surface area (Å²) >= 11 is 0. The summed E-state index contributed by atoms with van der Waals surface area (Å²) in [5, 5.41) is 2.67. The second-order valence-electron chi connectivity index (χ2n) is 15.5. The van der Waals surface area contributed by atoms with E-state index in [2.05, 4.69) is 19.2 Å². The van der Waals surface area contributed by atoms with Crippen LogP contribution in [0.5, 0.6) is 0 Å². The fraction of sp³-hybridized carbons (Fsp3) is 0.750. The maximum Gasteiger partial charge on any atom is 0.408 e. The van der Waals surface area contributed by atoms with Gasteiger partial charge in [0.15, 0.2) is 0 Å². The molecule has 5 rings (SSSR count). The predicted octanol–water partition coefficient (Wildman–Crippen LogP) is 7.75. The Hall–Kier alpha value is -2.57. The Morgan fingerprint density at radius 3 is 2.47 bits per heavy atom. The third kappa shape index (κ3) is 7.39. The number of amides is 1. The summed E-state index contributed by atoms with van der Waals surface area (Å²) in [4.78, 5) is 38.6. The Morgan fingerprint density at radius 2 is 1.72 bits per heavy atom. The van der Waals surface area contributed by atoms with Gasteiger partial charge < -0.3 is 19.5 Å². The normalized spacial score (nSPS) is 34.1. The Bertz CT molecular complexity index is 1150. The molecular weight excluding hydrogens is 542 g/mol. The maximum absolute atomic E-state index is 13.5. The molecule has 0 radical (unpaired) electrons. The molecule has 0 saturated heterocycles. The molecular formula is C36H53NO6. The molecule has 7 nitrogen and oxygen atoms in total. The zero-order valence-corrected chi connectivity index (χ0v) is 27.0. The Balaban J connectivity index is 1.18. The smallest absolute Gasteiger partial charge is 0.408 e. The first-order valence-electron chi connectivity index (χ1n) is 16.8. The van der Waals surface area contributed by atoms with E-state index in [4.69, 9.17) is 14.2 Å². The van der Waals surface area contributed by atoms with Crippen LogP contribution in [0.1, 0.15) is 117 Å². The van der Waals surface area contributed by atoms with E-state index in [0.717, 1.165) is 42.6 Å². The van der Waals surface area contributed by atoms with Crippen LogP contribution in [0, 0.1) is 34.5 Å². The van der Waals surface area contributed by atoms with Gasteiger partial charge >= 0.3 is 18.0 Å². The SMILES string of the molecule is CC(C)(C)OC(=O)N[C@H](CCC(=O)OCc1ccccc1)C(=O)O[C@@H]1CC[C@@]2(C)[C@H](CC[C@H]3[C@@H]4CCC[C@@]4(C)CC[C@@H]32)C1. The van der Waals surface area contributed by atoms with Gasteiger partial charge in [-0.2, -0.15) is 0 Å². The van der Waals surface area contributed by atoms with Gasteiger partial charge in [-0.3, -0.25) is 4.79 Å². The lowest BCUT2D eigenvalue weighted by Crippen LogP contribution is -2.53. The van der Waals surface area contributed by atoms with Crippen LogP contribution in [0.25, 0.3) is 0 Å². The summed E-state index contributed by atoms with van der Waals surface area (Å²) in [6.45, 7) is 10.6. The number of carbonyl (C=O) groups excluding carboxylic acids is 3. The number of fused-ring (bicyclic) bond motifs is 5. The van der Waals surface area contributed by atoms with Gasteiger partial charge in [-0.25, -0.2) is 9.59 Å². The van der Waals surface area contributed by atoms with Crippen molar-refractivity contribution in [1.29, 1.82) is 0 Å². The molecule has 4 aliphatic carbocycles. The van der Waals surface area contributed by atoms with Crippen molar-refractivity contribution in [3.63, 3.8) is 0 Å². The third-order valence-corrected chi connectivity index (χ3v) is 11.5. The largest absolute Gasteiger partial charge is 0.461 e. The van der Waals surface area contributed by atoms with E-state index in [1.165, 1.54) is 44.9 Å². The number of carbonyl (C=O) groups is 3. The highest BCUT2D eigenvalue weighted by Gasteiger charge is 2.58. The minimum Gasteiger partial charge on any atom is -0.461 e. The number of nitrogens with one attached hydrogen (secondary N) is 1. The molecule has 0 unspecified atom stereocenters. The molecule has 0 heterocycles. The molecule has 4 fully saturated rings. The zero-order chi connectivity index (χ0) is 30.8. The second-order valence-corrected chi connectivity index (χ2v) is 15.5. The van der Waals surface area contributed by atoms with Crippen LogP contribution in [0.3, 0.4) is 0 Å². The number of rotatable bonds is 8. The van der Waals surface area contributed by atoms with Gasteiger partial charge in [0.2, 0.25) is 0 Å². The molecule has 1 amide bonds. The van der Waals surface area contributed by atoms with Crippen LogP contribution in [-0.2, 0) is 30.4 Å². The molecule has 8 atom stereocenters. The van der Waals surface area contributed by atoms with E-state index >= 15 is 0 Å². The number of esters is 2. The van der Waals surface area contributed by atoms with Crippen LogP contribution in [-0.4, -0.2) is 35.8 Å². The summed E-state index contributed by atoms with van der Waals surface area (Å²) in [5.41, 5.74) is 1.05. The Labute approximate surface area is 258 Å².